The van der Waals surface area contributed by atoms with Crippen molar-refractivity contribution < 1.29 is 0 Å². The lowest BCUT2D eigenvalue weighted by Crippen LogP contribution is -2.44. The fraction of sp³-hybridized carbons (Fsp3) is 0.917. The first-order chi connectivity index (χ1) is 7.50. The Bertz CT molecular complexity index is 275. The number of rotatable bonds is 1. The van der Waals surface area contributed by atoms with E-state index in [2.05, 4.69) is 36.1 Å². The lowest BCUT2D eigenvalue weighted by Gasteiger charge is -2.27. The summed E-state index contributed by atoms with van der Waals surface area (Å²) in [5.41, 5.74) is 3.15. The summed E-state index contributed by atoms with van der Waals surface area (Å²) >= 11 is 0. The zero-order valence-electron chi connectivity index (χ0n) is 10.7. The molecule has 2 aliphatic rings. The van der Waals surface area contributed by atoms with Crippen LogP contribution in [-0.2, 0) is 0 Å². The molecule has 1 heterocycles. The van der Waals surface area contributed by atoms with Gasteiger partial charge in [0, 0.05) is 13.1 Å². The van der Waals surface area contributed by atoms with Crippen molar-refractivity contribution in [3.05, 3.63) is 0 Å². The van der Waals surface area contributed by atoms with Crippen molar-refractivity contribution in [2.75, 3.05) is 13.1 Å². The van der Waals surface area contributed by atoms with E-state index in [1.807, 2.05) is 0 Å². The first-order valence-electron chi connectivity index (χ1n) is 6.30. The SMILES string of the molecule is CC(C)(C)C1CCN(C(=NC2CC2)NN)C1. The van der Waals surface area contributed by atoms with E-state index in [0.29, 0.717) is 11.5 Å². The van der Waals surface area contributed by atoms with Crippen LogP contribution in [0.25, 0.3) is 0 Å². The number of hydrogen-bond acceptors (Lipinski definition) is 2. The molecular weight excluding hydrogens is 200 g/mol. The van der Waals surface area contributed by atoms with Crippen LogP contribution in [-0.4, -0.2) is 30.0 Å². The van der Waals surface area contributed by atoms with E-state index in [1.165, 1.54) is 19.3 Å². The third-order valence-corrected chi connectivity index (χ3v) is 3.69. The predicted molar refractivity (Wildman–Crippen MR) is 66.9 cm³/mol. The molecule has 1 saturated carbocycles. The summed E-state index contributed by atoms with van der Waals surface area (Å²) in [6.07, 6.45) is 3.69. The van der Waals surface area contributed by atoms with Gasteiger partial charge in [-0.2, -0.15) is 0 Å². The van der Waals surface area contributed by atoms with Crippen LogP contribution in [0.2, 0.25) is 0 Å². The highest BCUT2D eigenvalue weighted by Crippen LogP contribution is 2.33. The molecule has 4 nitrogen and oxygen atoms in total. The number of likely N-dealkylation sites (tertiary alicyclic amines) is 1. The second kappa shape index (κ2) is 4.24. The van der Waals surface area contributed by atoms with E-state index in [-0.39, 0.29) is 0 Å². The molecule has 3 N–H and O–H groups in total. The summed E-state index contributed by atoms with van der Waals surface area (Å²) in [7, 11) is 0. The third kappa shape index (κ3) is 2.67. The van der Waals surface area contributed by atoms with Crippen molar-refractivity contribution in [3.8, 4) is 0 Å². The first kappa shape index (κ1) is 11.7. The quantitative estimate of drug-likeness (QED) is 0.306. The first-order valence-corrected chi connectivity index (χ1v) is 6.30. The van der Waals surface area contributed by atoms with Crippen molar-refractivity contribution in [3.63, 3.8) is 0 Å². The van der Waals surface area contributed by atoms with Gasteiger partial charge < -0.3 is 4.90 Å². The summed E-state index contributed by atoms with van der Waals surface area (Å²) in [4.78, 5) is 6.91. The fourth-order valence-corrected chi connectivity index (χ4v) is 2.25. The lowest BCUT2D eigenvalue weighted by atomic mass is 9.80. The maximum absolute atomic E-state index is 5.56. The Morgan fingerprint density at radius 2 is 2.00 bits per heavy atom. The van der Waals surface area contributed by atoms with Gasteiger partial charge in [-0.05, 0) is 30.6 Å². The molecule has 0 aromatic rings. The Labute approximate surface area is 98.3 Å². The minimum Gasteiger partial charge on any atom is -0.342 e. The van der Waals surface area contributed by atoms with Gasteiger partial charge in [0.1, 0.15) is 0 Å². The van der Waals surface area contributed by atoms with Crippen LogP contribution >= 0.6 is 0 Å². The van der Waals surface area contributed by atoms with Crippen molar-refractivity contribution in [2.24, 2.45) is 22.2 Å². The van der Waals surface area contributed by atoms with Gasteiger partial charge in [0.25, 0.3) is 0 Å². The fourth-order valence-electron chi connectivity index (χ4n) is 2.25. The van der Waals surface area contributed by atoms with Gasteiger partial charge in [0.05, 0.1) is 6.04 Å². The van der Waals surface area contributed by atoms with Gasteiger partial charge in [-0.15, -0.1) is 0 Å². The number of nitrogens with one attached hydrogen (secondary N) is 1. The minimum absolute atomic E-state index is 0.383. The number of nitrogens with zero attached hydrogens (tertiary/aromatic N) is 2. The Hall–Kier alpha value is -0.770. The molecule has 0 aromatic carbocycles. The molecule has 0 amide bonds. The Balaban J connectivity index is 1.96. The molecule has 1 atom stereocenters. The molecule has 2 rings (SSSR count). The molecule has 0 bridgehead atoms. The maximum Gasteiger partial charge on any atom is 0.208 e. The zero-order valence-corrected chi connectivity index (χ0v) is 10.7. The molecule has 1 unspecified atom stereocenters. The summed E-state index contributed by atoms with van der Waals surface area (Å²) in [5, 5.41) is 0. The summed E-state index contributed by atoms with van der Waals surface area (Å²) < 4.78 is 0. The van der Waals surface area contributed by atoms with Crippen molar-refractivity contribution >= 4 is 5.96 Å². The topological polar surface area (TPSA) is 53.6 Å². The molecule has 0 radical (unpaired) electrons. The Kier molecular flexibility index (Phi) is 3.10. The third-order valence-electron chi connectivity index (χ3n) is 3.69. The monoisotopic (exact) mass is 224 g/mol. The van der Waals surface area contributed by atoms with E-state index < -0.39 is 0 Å². The van der Waals surface area contributed by atoms with Gasteiger partial charge in [0.15, 0.2) is 0 Å². The average Bonchev–Trinajstić information content (AvgIpc) is 2.87. The van der Waals surface area contributed by atoms with Crippen LogP contribution in [0.3, 0.4) is 0 Å². The van der Waals surface area contributed by atoms with Gasteiger partial charge in [0.2, 0.25) is 5.96 Å². The molecule has 2 fully saturated rings. The number of aliphatic imine (C=N–C) groups is 1. The van der Waals surface area contributed by atoms with E-state index in [9.17, 15) is 0 Å². The molecule has 4 heteroatoms. The van der Waals surface area contributed by atoms with Crippen molar-refractivity contribution in [2.45, 2.75) is 46.1 Å². The predicted octanol–water partition coefficient (Wildman–Crippen LogP) is 1.34. The smallest absolute Gasteiger partial charge is 0.208 e. The number of nitrogens with two attached hydrogens (primary N) is 1. The average molecular weight is 224 g/mol. The lowest BCUT2D eigenvalue weighted by molar-refractivity contribution is 0.249. The maximum atomic E-state index is 5.56. The molecule has 1 saturated heterocycles. The van der Waals surface area contributed by atoms with Gasteiger partial charge in [-0.25, -0.2) is 10.8 Å². The van der Waals surface area contributed by atoms with Crippen LogP contribution in [0.4, 0.5) is 0 Å². The highest BCUT2D eigenvalue weighted by atomic mass is 15.4. The van der Waals surface area contributed by atoms with Crippen molar-refractivity contribution in [1.29, 1.82) is 0 Å². The highest BCUT2D eigenvalue weighted by Gasteiger charge is 2.33. The second-order valence-corrected chi connectivity index (χ2v) is 6.13. The Morgan fingerprint density at radius 3 is 2.44 bits per heavy atom. The van der Waals surface area contributed by atoms with Crippen molar-refractivity contribution in [1.82, 2.24) is 10.3 Å². The van der Waals surface area contributed by atoms with Crippen LogP contribution in [0.5, 0.6) is 0 Å². The van der Waals surface area contributed by atoms with Gasteiger partial charge >= 0.3 is 0 Å². The van der Waals surface area contributed by atoms with E-state index in [1.54, 1.807) is 0 Å². The van der Waals surface area contributed by atoms with Gasteiger partial charge in [-0.3, -0.25) is 5.43 Å². The van der Waals surface area contributed by atoms with E-state index in [4.69, 9.17) is 5.84 Å². The zero-order chi connectivity index (χ0) is 11.8. The Morgan fingerprint density at radius 1 is 1.31 bits per heavy atom. The number of guanidine groups is 1. The minimum atomic E-state index is 0.383. The van der Waals surface area contributed by atoms with E-state index >= 15 is 0 Å². The highest BCUT2D eigenvalue weighted by molar-refractivity contribution is 5.80. The largest absolute Gasteiger partial charge is 0.342 e. The number of hydrogen-bond donors (Lipinski definition) is 2. The number of hydrazine groups is 1. The van der Waals surface area contributed by atoms with Crippen LogP contribution in [0, 0.1) is 11.3 Å². The van der Waals surface area contributed by atoms with Crippen LogP contribution < -0.4 is 11.3 Å². The molecule has 1 aliphatic carbocycles. The summed E-state index contributed by atoms with van der Waals surface area (Å²) in [6.45, 7) is 9.11. The summed E-state index contributed by atoms with van der Waals surface area (Å²) in [6, 6.07) is 0.528. The molecule has 1 aliphatic heterocycles. The standard InChI is InChI=1S/C12H24N4/c1-12(2,3)9-6-7-16(8-9)11(15-13)14-10-4-5-10/h9-10H,4-8,13H2,1-3H3,(H,14,15). The molecule has 0 spiro atoms. The summed E-state index contributed by atoms with van der Waals surface area (Å²) in [5.74, 6) is 7.20. The van der Waals surface area contributed by atoms with Crippen LogP contribution in [0.1, 0.15) is 40.0 Å². The molecule has 16 heavy (non-hydrogen) atoms. The van der Waals surface area contributed by atoms with Crippen LogP contribution in [0.15, 0.2) is 4.99 Å². The van der Waals surface area contributed by atoms with E-state index in [0.717, 1.165) is 25.0 Å². The molecule has 92 valence electrons. The molecule has 0 aromatic heterocycles. The molecular formula is C12H24N4. The normalized spacial score (nSPS) is 27.4. The second-order valence-electron chi connectivity index (χ2n) is 6.13. The van der Waals surface area contributed by atoms with Gasteiger partial charge in [-0.1, -0.05) is 20.8 Å².